The topological polar surface area (TPSA) is 90.4 Å². The number of H-pyrrole nitrogens is 1. The normalized spacial score (nSPS) is 14.4. The molecule has 0 spiro atoms. The maximum Gasteiger partial charge on any atom is 0.328 e. The highest BCUT2D eigenvalue weighted by molar-refractivity contribution is 7.57. The molecule has 0 amide bonds. The molecule has 0 bridgehead atoms. The Morgan fingerprint density at radius 3 is 2.78 bits per heavy atom. The van der Waals surface area contributed by atoms with Crippen LogP contribution in [0.5, 0.6) is 0 Å². The summed E-state index contributed by atoms with van der Waals surface area (Å²) < 4.78 is 35.1. The maximum absolute atomic E-state index is 12.9. The fourth-order valence-corrected chi connectivity index (χ4v) is 1.66. The summed E-state index contributed by atoms with van der Waals surface area (Å²) in [5, 5.41) is 0. The summed E-state index contributed by atoms with van der Waals surface area (Å²) in [6.07, 6.45) is 0.705. The van der Waals surface area contributed by atoms with Crippen molar-refractivity contribution >= 4 is 7.37 Å². The third-order valence-electron chi connectivity index (χ3n) is 2.16. The number of aromatic nitrogens is 2. The second-order valence-corrected chi connectivity index (χ2v) is 6.32. The van der Waals surface area contributed by atoms with Gasteiger partial charge in [-0.15, -0.1) is 0 Å². The van der Waals surface area contributed by atoms with Crippen molar-refractivity contribution in [3.05, 3.63) is 32.9 Å². The van der Waals surface area contributed by atoms with Crippen LogP contribution < -0.4 is 11.2 Å². The van der Waals surface area contributed by atoms with Gasteiger partial charge in [-0.3, -0.25) is 18.9 Å². The van der Waals surface area contributed by atoms with Crippen LogP contribution in [0, 0.1) is 5.82 Å². The van der Waals surface area contributed by atoms with E-state index in [2.05, 4.69) is 0 Å². The lowest BCUT2D eigenvalue weighted by atomic mass is 10.5. The summed E-state index contributed by atoms with van der Waals surface area (Å²) in [6.45, 7) is 1.50. The molecular weight excluding hydrogens is 266 g/mol. The average Bonchev–Trinajstić information content (AvgIpc) is 2.31. The van der Waals surface area contributed by atoms with Crippen molar-refractivity contribution in [1.82, 2.24) is 9.55 Å². The Kier molecular flexibility index (Phi) is 5.01. The Labute approximate surface area is 102 Å². The van der Waals surface area contributed by atoms with Crippen LogP contribution in [0.2, 0.25) is 0 Å². The molecule has 0 aliphatic carbocycles. The van der Waals surface area contributed by atoms with Gasteiger partial charge < -0.3 is 9.26 Å². The Balaban J connectivity index is 2.55. The van der Waals surface area contributed by atoms with Crippen LogP contribution in [-0.4, -0.2) is 36.3 Å². The number of rotatable bonds is 6. The standard InChI is InChI=1S/C9H14FN2O5P/c1-16-18(2,15)6-17-4-3-12-5-7(10)8(13)11-9(12)14/h5H,3-4,6H2,1-2H3,(H,11,13,14). The van der Waals surface area contributed by atoms with Crippen LogP contribution in [0.15, 0.2) is 15.8 Å². The third-order valence-corrected chi connectivity index (χ3v) is 3.58. The van der Waals surface area contributed by atoms with Crippen LogP contribution in [0.4, 0.5) is 4.39 Å². The van der Waals surface area contributed by atoms with E-state index in [4.69, 9.17) is 9.26 Å². The van der Waals surface area contributed by atoms with E-state index in [1.807, 2.05) is 4.98 Å². The highest BCUT2D eigenvalue weighted by Crippen LogP contribution is 2.40. The van der Waals surface area contributed by atoms with E-state index in [0.717, 1.165) is 10.8 Å². The van der Waals surface area contributed by atoms with Crippen LogP contribution in [0.25, 0.3) is 0 Å². The molecule has 1 atom stereocenters. The quantitative estimate of drug-likeness (QED) is 0.594. The molecule has 18 heavy (non-hydrogen) atoms. The zero-order chi connectivity index (χ0) is 13.8. The van der Waals surface area contributed by atoms with Gasteiger partial charge in [-0.1, -0.05) is 0 Å². The zero-order valence-electron chi connectivity index (χ0n) is 10.0. The van der Waals surface area contributed by atoms with Crippen molar-refractivity contribution in [2.75, 3.05) is 26.7 Å². The largest absolute Gasteiger partial charge is 0.370 e. The maximum atomic E-state index is 12.9. The number of aromatic amines is 1. The first-order valence-electron chi connectivity index (χ1n) is 5.05. The van der Waals surface area contributed by atoms with Crippen LogP contribution in [0.1, 0.15) is 0 Å². The molecule has 0 fully saturated rings. The van der Waals surface area contributed by atoms with Crippen molar-refractivity contribution in [3.8, 4) is 0 Å². The Bertz CT molecular complexity index is 567. The van der Waals surface area contributed by atoms with Gasteiger partial charge in [-0.05, 0) is 0 Å². The molecule has 102 valence electrons. The number of halogens is 1. The second kappa shape index (κ2) is 6.08. The van der Waals surface area contributed by atoms with E-state index in [1.165, 1.54) is 13.8 Å². The molecular formula is C9H14FN2O5P. The first kappa shape index (κ1) is 14.8. The van der Waals surface area contributed by atoms with E-state index in [1.54, 1.807) is 0 Å². The lowest BCUT2D eigenvalue weighted by Gasteiger charge is -2.11. The molecule has 0 saturated heterocycles. The van der Waals surface area contributed by atoms with Gasteiger partial charge in [0.05, 0.1) is 19.3 Å². The van der Waals surface area contributed by atoms with Gasteiger partial charge in [0.15, 0.2) is 0 Å². The molecule has 1 aromatic rings. The fourth-order valence-electron chi connectivity index (χ4n) is 1.09. The lowest BCUT2D eigenvalue weighted by molar-refractivity contribution is 0.155. The van der Waals surface area contributed by atoms with E-state index in [0.29, 0.717) is 0 Å². The second-order valence-electron chi connectivity index (χ2n) is 3.66. The summed E-state index contributed by atoms with van der Waals surface area (Å²) >= 11 is 0. The molecule has 1 heterocycles. The smallest absolute Gasteiger partial charge is 0.328 e. The van der Waals surface area contributed by atoms with Crippen molar-refractivity contribution in [1.29, 1.82) is 0 Å². The van der Waals surface area contributed by atoms with Crippen molar-refractivity contribution in [2.45, 2.75) is 6.54 Å². The van der Waals surface area contributed by atoms with Gasteiger partial charge in [0.2, 0.25) is 13.2 Å². The lowest BCUT2D eigenvalue weighted by Crippen LogP contribution is -2.32. The average molecular weight is 280 g/mol. The molecule has 0 aliphatic heterocycles. The van der Waals surface area contributed by atoms with Gasteiger partial charge in [0.25, 0.3) is 5.56 Å². The van der Waals surface area contributed by atoms with Crippen molar-refractivity contribution in [2.24, 2.45) is 0 Å². The SMILES string of the molecule is COP(C)(=O)COCCn1cc(F)c(=O)[nH]c1=O. The number of ether oxygens (including phenoxy) is 1. The number of hydrogen-bond acceptors (Lipinski definition) is 5. The highest BCUT2D eigenvalue weighted by atomic mass is 31.2. The molecule has 1 N–H and O–H groups in total. The van der Waals surface area contributed by atoms with Crippen LogP contribution in [0.3, 0.4) is 0 Å². The van der Waals surface area contributed by atoms with E-state index in [9.17, 15) is 18.5 Å². The molecule has 1 rings (SSSR count). The van der Waals surface area contributed by atoms with Crippen LogP contribution in [-0.2, 0) is 20.4 Å². The van der Waals surface area contributed by atoms with Crippen LogP contribution >= 0.6 is 7.37 Å². The Morgan fingerprint density at radius 1 is 1.50 bits per heavy atom. The Morgan fingerprint density at radius 2 is 2.17 bits per heavy atom. The molecule has 1 aromatic heterocycles. The van der Waals surface area contributed by atoms with Gasteiger partial charge in [0, 0.05) is 13.8 Å². The molecule has 1 unspecified atom stereocenters. The summed E-state index contributed by atoms with van der Waals surface area (Å²) in [7, 11) is -1.45. The number of hydrogen-bond donors (Lipinski definition) is 1. The zero-order valence-corrected chi connectivity index (χ0v) is 10.9. The van der Waals surface area contributed by atoms with E-state index in [-0.39, 0.29) is 19.5 Å². The Hall–Kier alpha value is -1.24. The number of nitrogens with zero attached hydrogens (tertiary/aromatic N) is 1. The minimum Gasteiger partial charge on any atom is -0.370 e. The van der Waals surface area contributed by atoms with Gasteiger partial charge in [-0.25, -0.2) is 4.79 Å². The van der Waals surface area contributed by atoms with Gasteiger partial charge in [-0.2, -0.15) is 4.39 Å². The number of nitrogens with one attached hydrogen (secondary N) is 1. The molecule has 0 radical (unpaired) electrons. The summed E-state index contributed by atoms with van der Waals surface area (Å²) in [6, 6.07) is 0. The van der Waals surface area contributed by atoms with Gasteiger partial charge >= 0.3 is 5.69 Å². The fraction of sp³-hybridized carbons (Fsp3) is 0.556. The molecule has 7 nitrogen and oxygen atoms in total. The summed E-state index contributed by atoms with van der Waals surface area (Å²) in [5.41, 5.74) is -1.79. The molecule has 0 saturated carbocycles. The van der Waals surface area contributed by atoms with Crippen molar-refractivity contribution in [3.63, 3.8) is 0 Å². The summed E-state index contributed by atoms with van der Waals surface area (Å²) in [4.78, 5) is 23.8. The first-order valence-corrected chi connectivity index (χ1v) is 7.31. The summed E-state index contributed by atoms with van der Waals surface area (Å²) in [5.74, 6) is -1.05. The van der Waals surface area contributed by atoms with E-state index >= 15 is 0 Å². The molecule has 0 aliphatic rings. The minimum atomic E-state index is -2.77. The van der Waals surface area contributed by atoms with E-state index < -0.39 is 24.4 Å². The predicted molar refractivity (Wildman–Crippen MR) is 62.6 cm³/mol. The van der Waals surface area contributed by atoms with Crippen molar-refractivity contribution < 1.29 is 18.2 Å². The first-order chi connectivity index (χ1) is 8.35. The van der Waals surface area contributed by atoms with Gasteiger partial charge in [0.1, 0.15) is 6.35 Å². The highest BCUT2D eigenvalue weighted by Gasteiger charge is 2.13. The molecule has 9 heteroatoms. The monoisotopic (exact) mass is 280 g/mol. The minimum absolute atomic E-state index is 0.0379. The predicted octanol–water partition coefficient (Wildman–Crippen LogP) is 0.204. The third kappa shape index (κ3) is 4.21. The molecule has 0 aromatic carbocycles.